The Bertz CT molecular complexity index is 818. The second-order valence-corrected chi connectivity index (χ2v) is 8.58. The molecule has 0 radical (unpaired) electrons. The van der Waals surface area contributed by atoms with Crippen LogP contribution in [-0.4, -0.2) is 30.9 Å². The van der Waals surface area contributed by atoms with Crippen LogP contribution in [0.4, 0.5) is 0 Å². The first-order chi connectivity index (χ1) is 10.8. The Balaban J connectivity index is 2.01. The minimum atomic E-state index is -3.65. The molecule has 0 aromatic heterocycles. The van der Waals surface area contributed by atoms with Crippen molar-refractivity contribution >= 4 is 21.4 Å². The number of hydrogen-bond donors (Lipinski definition) is 2. The van der Waals surface area contributed by atoms with E-state index in [0.29, 0.717) is 5.02 Å². The van der Waals surface area contributed by atoms with Gasteiger partial charge in [-0.1, -0.05) is 41.4 Å². The summed E-state index contributed by atoms with van der Waals surface area (Å²) in [7, 11) is -3.65. The highest BCUT2D eigenvalue weighted by Gasteiger charge is 2.69. The maximum Gasteiger partial charge on any atom is 0.183 e. The van der Waals surface area contributed by atoms with Gasteiger partial charge >= 0.3 is 0 Å². The van der Waals surface area contributed by atoms with Gasteiger partial charge < -0.3 is 10.8 Å². The molecule has 1 aliphatic rings. The number of benzene rings is 2. The van der Waals surface area contributed by atoms with E-state index in [-0.39, 0.29) is 11.5 Å². The Morgan fingerprint density at radius 2 is 1.70 bits per heavy atom. The number of halogens is 1. The third-order valence-electron chi connectivity index (χ3n) is 4.49. The van der Waals surface area contributed by atoms with Crippen LogP contribution in [-0.2, 0) is 9.84 Å². The first kappa shape index (κ1) is 16.5. The lowest BCUT2D eigenvalue weighted by Gasteiger charge is -2.08. The van der Waals surface area contributed by atoms with E-state index in [9.17, 15) is 13.5 Å². The highest BCUT2D eigenvalue weighted by atomic mass is 35.5. The van der Waals surface area contributed by atoms with Gasteiger partial charge in [0, 0.05) is 10.9 Å². The number of aliphatic hydroxyl groups excluding tert-OH is 1. The van der Waals surface area contributed by atoms with E-state index in [1.54, 1.807) is 0 Å². The fourth-order valence-electron chi connectivity index (χ4n) is 3.11. The average Bonchev–Trinajstić information content (AvgIpc) is 3.16. The van der Waals surface area contributed by atoms with Crippen molar-refractivity contribution in [2.75, 3.05) is 6.61 Å². The van der Waals surface area contributed by atoms with Crippen molar-refractivity contribution < 1.29 is 13.5 Å². The molecule has 0 unspecified atom stereocenters. The van der Waals surface area contributed by atoms with Gasteiger partial charge in [0.1, 0.15) is 0 Å². The molecule has 2 aromatic rings. The van der Waals surface area contributed by atoms with Crippen molar-refractivity contribution in [3.63, 3.8) is 0 Å². The molecule has 0 amide bonds. The summed E-state index contributed by atoms with van der Waals surface area (Å²) in [6.07, 6.45) is 0. The predicted molar refractivity (Wildman–Crippen MR) is 90.4 cm³/mol. The van der Waals surface area contributed by atoms with Crippen molar-refractivity contribution in [3.8, 4) is 0 Å². The lowest BCUT2D eigenvalue weighted by atomic mass is 10.1. The molecule has 0 heterocycles. The molecule has 1 saturated carbocycles. The largest absolute Gasteiger partial charge is 0.394 e. The summed E-state index contributed by atoms with van der Waals surface area (Å²) < 4.78 is 25.8. The first-order valence-corrected chi connectivity index (χ1v) is 9.19. The number of nitrogens with two attached hydrogens (primary N) is 1. The predicted octanol–water partition coefficient (Wildman–Crippen LogP) is 2.28. The number of sulfone groups is 1. The van der Waals surface area contributed by atoms with Crippen LogP contribution in [0.2, 0.25) is 5.02 Å². The van der Waals surface area contributed by atoms with Crippen LogP contribution in [0.1, 0.15) is 17.0 Å². The van der Waals surface area contributed by atoms with Gasteiger partial charge in [0.25, 0.3) is 0 Å². The summed E-state index contributed by atoms with van der Waals surface area (Å²) >= 11 is 5.82. The van der Waals surface area contributed by atoms with Gasteiger partial charge in [0.2, 0.25) is 0 Å². The van der Waals surface area contributed by atoms with Crippen LogP contribution in [0.15, 0.2) is 53.4 Å². The quantitative estimate of drug-likeness (QED) is 0.885. The number of rotatable bonds is 4. The number of aliphatic hydroxyl groups is 1. The molecule has 2 aromatic carbocycles. The summed E-state index contributed by atoms with van der Waals surface area (Å²) in [4.78, 5) is 0.171. The minimum Gasteiger partial charge on any atom is -0.394 e. The molecule has 23 heavy (non-hydrogen) atoms. The van der Waals surface area contributed by atoms with Gasteiger partial charge in [-0.15, -0.1) is 0 Å². The van der Waals surface area contributed by atoms with Crippen molar-refractivity contribution in [3.05, 3.63) is 64.7 Å². The standard InChI is InChI=1S/C17H18ClNO3S/c1-11-2-4-12(5-3-11)15-16(17(15,19)10-20)23(21,22)14-8-6-13(18)7-9-14/h2-9,15-16,20H,10,19H2,1H3/t15-,16-,17+/m0/s1. The van der Waals surface area contributed by atoms with E-state index in [1.807, 2.05) is 31.2 Å². The molecular weight excluding hydrogens is 334 g/mol. The second kappa shape index (κ2) is 5.60. The van der Waals surface area contributed by atoms with Crippen LogP contribution in [0, 0.1) is 6.92 Å². The number of aryl methyl sites for hydroxylation is 1. The molecule has 0 saturated heterocycles. The smallest absolute Gasteiger partial charge is 0.183 e. The maximum absolute atomic E-state index is 12.9. The van der Waals surface area contributed by atoms with E-state index in [2.05, 4.69) is 0 Å². The Morgan fingerprint density at radius 1 is 1.13 bits per heavy atom. The lowest BCUT2D eigenvalue weighted by molar-refractivity contribution is 0.253. The fourth-order valence-corrected chi connectivity index (χ4v) is 5.53. The molecule has 0 aliphatic heterocycles. The lowest BCUT2D eigenvalue weighted by Crippen LogP contribution is -2.35. The Morgan fingerprint density at radius 3 is 2.22 bits per heavy atom. The molecule has 3 N–H and O–H groups in total. The highest BCUT2D eigenvalue weighted by molar-refractivity contribution is 7.92. The number of hydrogen-bond acceptors (Lipinski definition) is 4. The topological polar surface area (TPSA) is 80.4 Å². The average molecular weight is 352 g/mol. The molecule has 6 heteroatoms. The summed E-state index contributed by atoms with van der Waals surface area (Å²) in [5.74, 6) is -0.422. The van der Waals surface area contributed by atoms with E-state index in [1.165, 1.54) is 24.3 Å². The van der Waals surface area contributed by atoms with Gasteiger partial charge in [0.15, 0.2) is 9.84 Å². The van der Waals surface area contributed by atoms with Gasteiger partial charge in [0.05, 0.1) is 22.3 Å². The van der Waals surface area contributed by atoms with Gasteiger partial charge in [-0.05, 0) is 36.8 Å². The zero-order chi connectivity index (χ0) is 16.8. The maximum atomic E-state index is 12.9. The van der Waals surface area contributed by atoms with Crippen molar-refractivity contribution in [1.29, 1.82) is 0 Å². The van der Waals surface area contributed by atoms with Gasteiger partial charge in [-0.2, -0.15) is 0 Å². The van der Waals surface area contributed by atoms with E-state index >= 15 is 0 Å². The third kappa shape index (κ3) is 2.68. The Hall–Kier alpha value is -1.40. The molecule has 1 fully saturated rings. The highest BCUT2D eigenvalue weighted by Crippen LogP contribution is 2.55. The SMILES string of the molecule is Cc1ccc([C@H]2[C@H](S(=O)(=O)c3ccc(Cl)cc3)[C@@]2(N)CO)cc1. The molecule has 3 atom stereocenters. The van der Waals surface area contributed by atoms with Gasteiger partial charge in [-0.3, -0.25) is 0 Å². The molecule has 4 nitrogen and oxygen atoms in total. The molecular formula is C17H18ClNO3S. The second-order valence-electron chi connectivity index (χ2n) is 6.08. The Labute approximate surface area is 140 Å². The third-order valence-corrected chi connectivity index (χ3v) is 7.05. The monoisotopic (exact) mass is 351 g/mol. The summed E-state index contributed by atoms with van der Waals surface area (Å²) in [5.41, 5.74) is 6.95. The molecule has 0 bridgehead atoms. The fraction of sp³-hybridized carbons (Fsp3) is 0.294. The zero-order valence-corrected chi connectivity index (χ0v) is 14.2. The van der Waals surface area contributed by atoms with Crippen molar-refractivity contribution in [1.82, 2.24) is 0 Å². The van der Waals surface area contributed by atoms with Crippen LogP contribution in [0.5, 0.6) is 0 Å². The molecule has 3 rings (SSSR count). The first-order valence-electron chi connectivity index (χ1n) is 7.26. The normalized spacial score (nSPS) is 27.0. The van der Waals surface area contributed by atoms with Crippen LogP contribution in [0.3, 0.4) is 0 Å². The minimum absolute atomic E-state index is 0.171. The molecule has 0 spiro atoms. The van der Waals surface area contributed by atoms with E-state index in [0.717, 1.165) is 11.1 Å². The van der Waals surface area contributed by atoms with Gasteiger partial charge in [-0.25, -0.2) is 8.42 Å². The van der Waals surface area contributed by atoms with Crippen LogP contribution >= 0.6 is 11.6 Å². The van der Waals surface area contributed by atoms with Crippen LogP contribution < -0.4 is 5.73 Å². The zero-order valence-electron chi connectivity index (χ0n) is 12.6. The summed E-state index contributed by atoms with van der Waals surface area (Å²) in [6, 6.07) is 13.6. The van der Waals surface area contributed by atoms with E-state index < -0.39 is 26.5 Å². The van der Waals surface area contributed by atoms with Crippen molar-refractivity contribution in [2.45, 2.75) is 28.5 Å². The summed E-state index contributed by atoms with van der Waals surface area (Å²) in [5, 5.41) is 9.29. The summed E-state index contributed by atoms with van der Waals surface area (Å²) in [6.45, 7) is 1.57. The van der Waals surface area contributed by atoms with E-state index in [4.69, 9.17) is 17.3 Å². The molecule has 1 aliphatic carbocycles. The van der Waals surface area contributed by atoms with Crippen LogP contribution in [0.25, 0.3) is 0 Å². The molecule has 122 valence electrons. The Kier molecular flexibility index (Phi) is 4.01. The van der Waals surface area contributed by atoms with Crippen molar-refractivity contribution in [2.24, 2.45) is 5.73 Å².